The van der Waals surface area contributed by atoms with E-state index >= 15 is 0 Å². The molecule has 0 aliphatic heterocycles. The monoisotopic (exact) mass is 412 g/mol. The van der Waals surface area contributed by atoms with Gasteiger partial charge in [0.05, 0.1) is 12.2 Å². The number of fused-ring (bicyclic) bond motifs is 2. The summed E-state index contributed by atoms with van der Waals surface area (Å²) in [5.41, 5.74) is 0.200. The van der Waals surface area contributed by atoms with Gasteiger partial charge in [0.25, 0.3) is 0 Å². The summed E-state index contributed by atoms with van der Waals surface area (Å²) < 4.78 is 74.5. The third-order valence-electron chi connectivity index (χ3n) is 4.29. The first-order valence-electron chi connectivity index (χ1n) is 8.19. The molecule has 5 nitrogen and oxygen atoms in total. The van der Waals surface area contributed by atoms with Crippen molar-refractivity contribution in [2.45, 2.75) is 17.8 Å². The zero-order chi connectivity index (χ0) is 20.5. The van der Waals surface area contributed by atoms with E-state index in [1.165, 1.54) is 0 Å². The van der Waals surface area contributed by atoms with Crippen molar-refractivity contribution in [1.82, 2.24) is 0 Å². The van der Waals surface area contributed by atoms with Crippen LogP contribution in [0.2, 0.25) is 0 Å². The van der Waals surface area contributed by atoms with Gasteiger partial charge in [-0.15, -0.1) is 0 Å². The predicted octanol–water partition coefficient (Wildman–Crippen LogP) is 4.36. The number of ether oxygens (including phenoxy) is 1. The number of carbonyl (C=O) groups is 1. The van der Waals surface area contributed by atoms with Crippen LogP contribution in [0.3, 0.4) is 0 Å². The number of rotatable bonds is 6. The number of hydrogen-bond acceptors (Lipinski definition) is 4. The van der Waals surface area contributed by atoms with E-state index in [2.05, 4.69) is 0 Å². The van der Waals surface area contributed by atoms with Gasteiger partial charge < -0.3 is 4.74 Å². The Balaban J connectivity index is 1.86. The lowest BCUT2D eigenvalue weighted by Gasteiger charge is -2.17. The molecular formula is C19H15F3O5S. The third kappa shape index (κ3) is 3.67. The lowest BCUT2D eigenvalue weighted by molar-refractivity contribution is -0.0162. The molecule has 0 amide bonds. The van der Waals surface area contributed by atoms with E-state index in [1.54, 1.807) is 48.5 Å². The Morgan fingerprint density at radius 1 is 1.04 bits per heavy atom. The van der Waals surface area contributed by atoms with Crippen LogP contribution in [0.4, 0.5) is 13.2 Å². The highest BCUT2D eigenvalue weighted by Gasteiger charge is 2.52. The van der Waals surface area contributed by atoms with Crippen molar-refractivity contribution in [2.24, 2.45) is 0 Å². The molecule has 1 N–H and O–H groups in total. The first-order chi connectivity index (χ1) is 13.1. The van der Waals surface area contributed by atoms with Gasteiger partial charge >= 0.3 is 21.3 Å². The maximum Gasteiger partial charge on any atom is 0.400 e. The highest BCUT2D eigenvalue weighted by molar-refractivity contribution is 7.86. The first-order valence-corrected chi connectivity index (χ1v) is 9.63. The van der Waals surface area contributed by atoms with Gasteiger partial charge in [-0.1, -0.05) is 48.5 Å². The van der Waals surface area contributed by atoms with E-state index < -0.39 is 40.5 Å². The van der Waals surface area contributed by atoms with Crippen molar-refractivity contribution < 1.29 is 35.7 Å². The molecule has 3 aromatic carbocycles. The lowest BCUT2D eigenvalue weighted by atomic mass is 9.97. The van der Waals surface area contributed by atoms with Crippen LogP contribution in [-0.4, -0.2) is 37.0 Å². The molecule has 0 aliphatic rings. The maximum absolute atomic E-state index is 13.6. The Hall–Kier alpha value is -2.65. The van der Waals surface area contributed by atoms with Crippen LogP contribution in [0, 0.1) is 0 Å². The molecule has 0 spiro atoms. The molecule has 0 bridgehead atoms. The van der Waals surface area contributed by atoms with Crippen molar-refractivity contribution in [3.63, 3.8) is 0 Å². The number of halogens is 3. The molecule has 0 aliphatic carbocycles. The fourth-order valence-electron chi connectivity index (χ4n) is 2.89. The fraction of sp³-hybridized carbons (Fsp3) is 0.211. The Labute approximate surface area is 158 Å². The second-order valence-electron chi connectivity index (χ2n) is 6.12. The molecule has 0 radical (unpaired) electrons. The SMILES string of the molecule is O=C(OCCC(F)C(F)(F)S(=O)(=O)O)c1c2ccccc2cc2ccccc12. The summed E-state index contributed by atoms with van der Waals surface area (Å²) in [4.78, 5) is 12.6. The zero-order valence-corrected chi connectivity index (χ0v) is 15.1. The largest absolute Gasteiger partial charge is 0.462 e. The minimum absolute atomic E-state index is 0.200. The molecule has 148 valence electrons. The van der Waals surface area contributed by atoms with Gasteiger partial charge in [0.1, 0.15) is 0 Å². The van der Waals surface area contributed by atoms with Crippen molar-refractivity contribution in [2.75, 3.05) is 6.61 Å². The topological polar surface area (TPSA) is 80.7 Å². The quantitative estimate of drug-likeness (QED) is 0.370. The Morgan fingerprint density at radius 3 is 2.04 bits per heavy atom. The number of carbonyl (C=O) groups excluding carboxylic acids is 1. The second-order valence-corrected chi connectivity index (χ2v) is 7.62. The smallest absolute Gasteiger partial charge is 0.400 e. The molecule has 0 saturated carbocycles. The van der Waals surface area contributed by atoms with Gasteiger partial charge in [0.2, 0.25) is 0 Å². The average molecular weight is 412 g/mol. The molecule has 3 rings (SSSR count). The second kappa shape index (κ2) is 7.40. The fourth-order valence-corrected chi connectivity index (χ4v) is 3.33. The molecule has 3 aromatic rings. The van der Waals surface area contributed by atoms with Gasteiger partial charge in [-0.3, -0.25) is 4.55 Å². The summed E-state index contributed by atoms with van der Waals surface area (Å²) in [6.07, 6.45) is -4.32. The van der Waals surface area contributed by atoms with Gasteiger partial charge in [-0.2, -0.15) is 17.2 Å². The van der Waals surface area contributed by atoms with Crippen LogP contribution >= 0.6 is 0 Å². The standard InChI is InChI=1S/C19H15F3O5S/c20-16(19(21,22)28(24,25)26)9-10-27-18(23)17-14-7-3-1-5-12(14)11-13-6-2-4-8-15(13)17/h1-8,11,16H,9-10H2,(H,24,25,26). The van der Waals surface area contributed by atoms with Crippen LogP contribution in [0.15, 0.2) is 54.6 Å². The molecule has 0 saturated heterocycles. The maximum atomic E-state index is 13.6. The van der Waals surface area contributed by atoms with E-state index in [-0.39, 0.29) is 5.56 Å². The van der Waals surface area contributed by atoms with Gasteiger partial charge in [-0.25, -0.2) is 9.18 Å². The lowest BCUT2D eigenvalue weighted by Crippen LogP contribution is -2.39. The summed E-state index contributed by atoms with van der Waals surface area (Å²) in [5, 5.41) is -2.31. The number of benzene rings is 3. The molecule has 0 fully saturated rings. The molecule has 1 unspecified atom stereocenters. The summed E-state index contributed by atoms with van der Waals surface area (Å²) in [7, 11) is -5.91. The van der Waals surface area contributed by atoms with E-state index in [0.717, 1.165) is 10.8 Å². The summed E-state index contributed by atoms with van der Waals surface area (Å²) in [6, 6.07) is 15.9. The molecule has 1 atom stereocenters. The van der Waals surface area contributed by atoms with Crippen molar-refractivity contribution in [3.8, 4) is 0 Å². The minimum Gasteiger partial charge on any atom is -0.462 e. The van der Waals surface area contributed by atoms with Crippen molar-refractivity contribution >= 4 is 37.6 Å². The van der Waals surface area contributed by atoms with Crippen molar-refractivity contribution in [1.29, 1.82) is 0 Å². The highest BCUT2D eigenvalue weighted by atomic mass is 32.2. The predicted molar refractivity (Wildman–Crippen MR) is 97.7 cm³/mol. The normalized spacial score (nSPS) is 13.6. The number of hydrogen-bond donors (Lipinski definition) is 1. The van der Waals surface area contributed by atoms with Crippen LogP contribution in [0.5, 0.6) is 0 Å². The van der Waals surface area contributed by atoms with Crippen LogP contribution in [-0.2, 0) is 14.9 Å². The van der Waals surface area contributed by atoms with E-state index in [0.29, 0.717) is 10.8 Å². The Morgan fingerprint density at radius 2 is 1.54 bits per heavy atom. The zero-order valence-electron chi connectivity index (χ0n) is 14.3. The number of alkyl halides is 3. The summed E-state index contributed by atoms with van der Waals surface area (Å²) >= 11 is 0. The van der Waals surface area contributed by atoms with Crippen LogP contribution in [0.25, 0.3) is 21.5 Å². The number of esters is 1. The van der Waals surface area contributed by atoms with Gasteiger partial charge in [0.15, 0.2) is 6.17 Å². The minimum atomic E-state index is -5.91. The Bertz CT molecular complexity index is 1090. The molecular weight excluding hydrogens is 397 g/mol. The van der Waals surface area contributed by atoms with E-state index in [4.69, 9.17) is 9.29 Å². The van der Waals surface area contributed by atoms with E-state index in [9.17, 15) is 26.4 Å². The summed E-state index contributed by atoms with van der Waals surface area (Å²) in [5.74, 6) is -0.852. The van der Waals surface area contributed by atoms with Gasteiger partial charge in [-0.05, 0) is 27.6 Å². The summed E-state index contributed by atoms with van der Waals surface area (Å²) in [6.45, 7) is -0.789. The molecule has 9 heteroatoms. The Kier molecular flexibility index (Phi) is 5.31. The third-order valence-corrected chi connectivity index (χ3v) is 5.23. The van der Waals surface area contributed by atoms with Crippen LogP contribution < -0.4 is 0 Å². The first kappa shape index (κ1) is 20.1. The molecule has 0 heterocycles. The highest BCUT2D eigenvalue weighted by Crippen LogP contribution is 2.31. The van der Waals surface area contributed by atoms with E-state index in [1.807, 2.05) is 6.07 Å². The molecule has 0 aromatic heterocycles. The average Bonchev–Trinajstić information content (AvgIpc) is 2.64. The van der Waals surface area contributed by atoms with Crippen molar-refractivity contribution in [3.05, 3.63) is 60.2 Å². The molecule has 28 heavy (non-hydrogen) atoms. The van der Waals surface area contributed by atoms with Crippen LogP contribution in [0.1, 0.15) is 16.8 Å². The van der Waals surface area contributed by atoms with Gasteiger partial charge in [0, 0.05) is 6.42 Å².